The zero-order valence-corrected chi connectivity index (χ0v) is 11.6. The molecule has 1 saturated heterocycles. The van der Waals surface area contributed by atoms with E-state index in [1.807, 2.05) is 0 Å². The van der Waals surface area contributed by atoms with E-state index >= 15 is 0 Å². The molecule has 110 valence electrons. The van der Waals surface area contributed by atoms with Crippen LogP contribution in [0.25, 0.3) is 0 Å². The van der Waals surface area contributed by atoms with E-state index in [4.69, 9.17) is 0 Å². The molecule has 0 bridgehead atoms. The van der Waals surface area contributed by atoms with E-state index in [2.05, 4.69) is 0 Å². The fraction of sp³-hybridized carbons (Fsp3) is 0.800. The van der Waals surface area contributed by atoms with Gasteiger partial charge in [0, 0.05) is 0 Å². The summed E-state index contributed by atoms with van der Waals surface area (Å²) in [6.07, 6.45) is 6.50. The summed E-state index contributed by atoms with van der Waals surface area (Å²) in [5.41, 5.74) is 0. The second kappa shape index (κ2) is 5.19. The van der Waals surface area contributed by atoms with Crippen molar-refractivity contribution < 1.29 is 19.5 Å². The van der Waals surface area contributed by atoms with Gasteiger partial charge in [-0.2, -0.15) is 0 Å². The second-order valence-electron chi connectivity index (χ2n) is 6.34. The van der Waals surface area contributed by atoms with Crippen LogP contribution in [0.5, 0.6) is 0 Å². The lowest BCUT2D eigenvalue weighted by Gasteiger charge is -2.30. The number of hydrogen-bond donors (Lipinski definition) is 1. The molecule has 0 aromatic rings. The number of rotatable bonds is 2. The third-order valence-electron chi connectivity index (χ3n) is 5.25. The lowest BCUT2D eigenvalue weighted by atomic mass is 9.93. The molecular weight excluding hydrogens is 258 g/mol. The van der Waals surface area contributed by atoms with E-state index in [1.54, 1.807) is 0 Å². The number of likely N-dealkylation sites (tertiary alicyclic amines) is 1. The summed E-state index contributed by atoms with van der Waals surface area (Å²) in [6, 6.07) is -0.416. The fourth-order valence-electron chi connectivity index (χ4n) is 4.23. The van der Waals surface area contributed by atoms with Gasteiger partial charge in [0.25, 0.3) is 0 Å². The minimum atomic E-state index is -0.866. The van der Waals surface area contributed by atoms with Crippen LogP contribution in [0.4, 0.5) is 0 Å². The number of carboxylic acid groups (broad SMARTS) is 1. The van der Waals surface area contributed by atoms with Crippen LogP contribution in [0.3, 0.4) is 0 Å². The SMILES string of the molecule is O=C(O)C1CCCCCC1N1C(=O)C2CCCC2C1=O. The molecule has 3 aliphatic rings. The quantitative estimate of drug-likeness (QED) is 0.618. The lowest BCUT2D eigenvalue weighted by molar-refractivity contribution is -0.150. The second-order valence-corrected chi connectivity index (χ2v) is 6.34. The van der Waals surface area contributed by atoms with Gasteiger partial charge in [-0.25, -0.2) is 0 Å². The first-order valence-electron chi connectivity index (χ1n) is 7.71. The monoisotopic (exact) mass is 279 g/mol. The smallest absolute Gasteiger partial charge is 0.308 e. The Morgan fingerprint density at radius 1 is 0.900 bits per heavy atom. The maximum Gasteiger partial charge on any atom is 0.308 e. The summed E-state index contributed by atoms with van der Waals surface area (Å²) in [7, 11) is 0. The third-order valence-corrected chi connectivity index (χ3v) is 5.25. The third kappa shape index (κ3) is 2.03. The molecule has 2 aliphatic carbocycles. The standard InChI is InChI=1S/C15H21NO4/c17-13-9-6-4-7-10(9)14(18)16(13)12-8-3-1-2-5-11(12)15(19)20/h9-12H,1-8H2,(H,19,20). The van der Waals surface area contributed by atoms with Crippen LogP contribution in [0.2, 0.25) is 0 Å². The Morgan fingerprint density at radius 2 is 1.50 bits per heavy atom. The highest BCUT2D eigenvalue weighted by Crippen LogP contribution is 2.42. The van der Waals surface area contributed by atoms with Gasteiger partial charge in [0.15, 0.2) is 0 Å². The molecule has 3 rings (SSSR count). The van der Waals surface area contributed by atoms with Crippen LogP contribution in [-0.4, -0.2) is 33.8 Å². The normalized spacial score (nSPS) is 37.9. The van der Waals surface area contributed by atoms with Crippen molar-refractivity contribution in [2.75, 3.05) is 0 Å². The predicted octanol–water partition coefficient (Wildman–Crippen LogP) is 1.81. The molecule has 4 unspecified atom stereocenters. The summed E-state index contributed by atoms with van der Waals surface area (Å²) in [5.74, 6) is -1.98. The van der Waals surface area contributed by atoms with Crippen LogP contribution in [0.15, 0.2) is 0 Å². The average molecular weight is 279 g/mol. The number of amides is 2. The molecule has 0 aromatic carbocycles. The number of nitrogens with zero attached hydrogens (tertiary/aromatic N) is 1. The Balaban J connectivity index is 1.87. The van der Waals surface area contributed by atoms with E-state index in [0.717, 1.165) is 38.5 Å². The Morgan fingerprint density at radius 3 is 2.10 bits per heavy atom. The molecule has 5 heteroatoms. The number of aliphatic carboxylic acids is 1. The van der Waals surface area contributed by atoms with E-state index in [9.17, 15) is 19.5 Å². The van der Waals surface area contributed by atoms with Crippen LogP contribution >= 0.6 is 0 Å². The summed E-state index contributed by atoms with van der Waals surface area (Å²) in [4.78, 5) is 37.8. The molecule has 0 spiro atoms. The van der Waals surface area contributed by atoms with Gasteiger partial charge in [-0.15, -0.1) is 0 Å². The van der Waals surface area contributed by atoms with Crippen molar-refractivity contribution in [2.24, 2.45) is 17.8 Å². The van der Waals surface area contributed by atoms with Gasteiger partial charge in [0.05, 0.1) is 23.8 Å². The maximum absolute atomic E-state index is 12.5. The zero-order valence-electron chi connectivity index (χ0n) is 11.6. The summed E-state index contributed by atoms with van der Waals surface area (Å²) in [6.45, 7) is 0. The van der Waals surface area contributed by atoms with Crippen molar-refractivity contribution >= 4 is 17.8 Å². The molecule has 1 N–H and O–H groups in total. The van der Waals surface area contributed by atoms with Gasteiger partial charge in [0.1, 0.15) is 0 Å². The summed E-state index contributed by atoms with van der Waals surface area (Å²) >= 11 is 0. The van der Waals surface area contributed by atoms with Crippen LogP contribution in [0, 0.1) is 17.8 Å². The van der Waals surface area contributed by atoms with Crippen LogP contribution < -0.4 is 0 Å². The van der Waals surface area contributed by atoms with E-state index in [0.29, 0.717) is 12.8 Å². The number of carboxylic acids is 1. The van der Waals surface area contributed by atoms with Gasteiger partial charge in [-0.3, -0.25) is 19.3 Å². The summed E-state index contributed by atoms with van der Waals surface area (Å²) < 4.78 is 0. The highest BCUT2D eigenvalue weighted by atomic mass is 16.4. The minimum Gasteiger partial charge on any atom is -0.481 e. The molecule has 0 aromatic heterocycles. The summed E-state index contributed by atoms with van der Waals surface area (Å²) in [5, 5.41) is 9.42. The average Bonchev–Trinajstić information content (AvgIpc) is 2.87. The highest BCUT2D eigenvalue weighted by Gasteiger charge is 2.53. The molecule has 4 atom stereocenters. The van der Waals surface area contributed by atoms with E-state index in [1.165, 1.54) is 4.90 Å². The Kier molecular flexibility index (Phi) is 3.52. The number of hydrogen-bond acceptors (Lipinski definition) is 3. The van der Waals surface area contributed by atoms with Gasteiger partial charge < -0.3 is 5.11 Å². The van der Waals surface area contributed by atoms with Crippen LogP contribution in [0.1, 0.15) is 51.4 Å². The minimum absolute atomic E-state index is 0.101. The van der Waals surface area contributed by atoms with Gasteiger partial charge in [0.2, 0.25) is 11.8 Å². The molecule has 20 heavy (non-hydrogen) atoms. The first-order chi connectivity index (χ1) is 9.61. The zero-order chi connectivity index (χ0) is 14.3. The van der Waals surface area contributed by atoms with E-state index < -0.39 is 17.9 Å². The van der Waals surface area contributed by atoms with Crippen molar-refractivity contribution in [3.05, 3.63) is 0 Å². The Hall–Kier alpha value is -1.39. The molecule has 0 radical (unpaired) electrons. The van der Waals surface area contributed by atoms with Crippen molar-refractivity contribution in [1.29, 1.82) is 0 Å². The molecule has 1 heterocycles. The van der Waals surface area contributed by atoms with Crippen molar-refractivity contribution in [2.45, 2.75) is 57.4 Å². The molecule has 1 aliphatic heterocycles. The van der Waals surface area contributed by atoms with E-state index in [-0.39, 0.29) is 23.7 Å². The molecule has 2 saturated carbocycles. The largest absolute Gasteiger partial charge is 0.481 e. The number of carbonyl (C=O) groups excluding carboxylic acids is 2. The first kappa shape index (κ1) is 13.6. The molecular formula is C15H21NO4. The van der Waals surface area contributed by atoms with Gasteiger partial charge >= 0.3 is 5.97 Å². The number of fused-ring (bicyclic) bond motifs is 1. The Bertz CT molecular complexity index is 425. The topological polar surface area (TPSA) is 74.7 Å². The molecule has 2 amide bonds. The highest BCUT2D eigenvalue weighted by molar-refractivity contribution is 6.06. The predicted molar refractivity (Wildman–Crippen MR) is 70.7 cm³/mol. The van der Waals surface area contributed by atoms with Crippen molar-refractivity contribution in [3.8, 4) is 0 Å². The Labute approximate surface area is 118 Å². The number of carbonyl (C=O) groups is 3. The van der Waals surface area contributed by atoms with Gasteiger partial charge in [-0.05, 0) is 25.7 Å². The van der Waals surface area contributed by atoms with Crippen molar-refractivity contribution in [3.63, 3.8) is 0 Å². The lowest BCUT2D eigenvalue weighted by Crippen LogP contribution is -2.47. The molecule has 5 nitrogen and oxygen atoms in total. The van der Waals surface area contributed by atoms with Crippen LogP contribution in [-0.2, 0) is 14.4 Å². The van der Waals surface area contributed by atoms with Crippen molar-refractivity contribution in [1.82, 2.24) is 4.90 Å². The first-order valence-corrected chi connectivity index (χ1v) is 7.71. The van der Waals surface area contributed by atoms with Gasteiger partial charge in [-0.1, -0.05) is 25.7 Å². The fourth-order valence-corrected chi connectivity index (χ4v) is 4.23. The number of imide groups is 1. The maximum atomic E-state index is 12.5. The molecule has 3 fully saturated rings.